The average molecular weight is 403 g/mol. The van der Waals surface area contributed by atoms with E-state index in [0.29, 0.717) is 22.5 Å². The highest BCUT2D eigenvalue weighted by atomic mass is 19.1. The maximum Gasteiger partial charge on any atom is 0.294 e. The fourth-order valence-electron chi connectivity index (χ4n) is 3.05. The third-order valence-electron chi connectivity index (χ3n) is 5.08. The van der Waals surface area contributed by atoms with Crippen molar-refractivity contribution in [2.75, 3.05) is 5.32 Å². The number of carbonyl (C=O) groups is 3. The molecule has 2 aromatic rings. The second kappa shape index (κ2) is 8.57. The minimum atomic E-state index is -0.858. The van der Waals surface area contributed by atoms with E-state index in [0.717, 1.165) is 0 Å². The number of amides is 2. The number of hydrogen-bond donors (Lipinski definition) is 3. The Hall–Kier alpha value is -3.00. The number of hydrogen-bond acceptors (Lipinski definition) is 4. The lowest BCUT2D eigenvalue weighted by Crippen LogP contribution is -2.43. The molecule has 0 radical (unpaired) electrons. The van der Waals surface area contributed by atoms with Crippen LogP contribution in [-0.2, 0) is 11.8 Å². The van der Waals surface area contributed by atoms with Gasteiger partial charge in [-0.1, -0.05) is 0 Å². The van der Waals surface area contributed by atoms with Crippen LogP contribution in [0.5, 0.6) is 0 Å². The van der Waals surface area contributed by atoms with Gasteiger partial charge in [-0.2, -0.15) is 0 Å². The lowest BCUT2D eigenvalue weighted by Gasteiger charge is -2.16. The molecule has 0 aliphatic heterocycles. The minimum absolute atomic E-state index is 0.0956. The molecule has 0 saturated carbocycles. The summed E-state index contributed by atoms with van der Waals surface area (Å²) in [5.41, 5.74) is 2.06. The largest absolute Gasteiger partial charge is 0.391 e. The van der Waals surface area contributed by atoms with Crippen molar-refractivity contribution < 1.29 is 23.9 Å². The van der Waals surface area contributed by atoms with Crippen molar-refractivity contribution in [3.05, 3.63) is 52.1 Å². The highest BCUT2D eigenvalue weighted by Gasteiger charge is 2.29. The standard InChI is InChI=1S/C21H26FN3O4/c1-10-9-15(7-8-16(10)22)24-20(28)17-11(2)18(25(6)13(17)4)19(27)21(29)23-12(3)14(5)26/h7-9,12,14,26H,1-6H3,(H,23,29)(H,24,28). The number of benzene rings is 1. The first-order valence-electron chi connectivity index (χ1n) is 9.22. The Bertz CT molecular complexity index is 979. The number of aryl methyl sites for hydroxylation is 1. The molecule has 7 nitrogen and oxygen atoms in total. The fraction of sp³-hybridized carbons (Fsp3) is 0.381. The maximum atomic E-state index is 13.4. The summed E-state index contributed by atoms with van der Waals surface area (Å²) in [5, 5.41) is 14.7. The number of nitrogens with zero attached hydrogens (tertiary/aromatic N) is 1. The lowest BCUT2D eigenvalue weighted by molar-refractivity contribution is -0.118. The van der Waals surface area contributed by atoms with Crippen molar-refractivity contribution in [1.82, 2.24) is 9.88 Å². The van der Waals surface area contributed by atoms with Crippen LogP contribution in [0.1, 0.15) is 51.5 Å². The van der Waals surface area contributed by atoms with Gasteiger partial charge in [0.25, 0.3) is 17.6 Å². The van der Waals surface area contributed by atoms with Gasteiger partial charge in [0.2, 0.25) is 0 Å². The van der Waals surface area contributed by atoms with Gasteiger partial charge in [0.1, 0.15) is 5.82 Å². The first-order chi connectivity index (χ1) is 13.5. The van der Waals surface area contributed by atoms with Crippen molar-refractivity contribution in [2.24, 2.45) is 7.05 Å². The molecule has 29 heavy (non-hydrogen) atoms. The Balaban J connectivity index is 2.34. The normalized spacial score (nSPS) is 13.0. The summed E-state index contributed by atoms with van der Waals surface area (Å²) in [6, 6.07) is 3.62. The number of carbonyl (C=O) groups excluding carboxylic acids is 3. The molecule has 2 atom stereocenters. The first-order valence-corrected chi connectivity index (χ1v) is 9.22. The zero-order chi connectivity index (χ0) is 22.0. The number of aliphatic hydroxyl groups is 1. The van der Waals surface area contributed by atoms with Crippen molar-refractivity contribution in [1.29, 1.82) is 0 Å². The van der Waals surface area contributed by atoms with Gasteiger partial charge >= 0.3 is 0 Å². The Morgan fingerprint density at radius 2 is 1.76 bits per heavy atom. The molecule has 8 heteroatoms. The van der Waals surface area contributed by atoms with E-state index in [1.54, 1.807) is 34.7 Å². The van der Waals surface area contributed by atoms with Crippen LogP contribution in [0, 0.1) is 26.6 Å². The predicted molar refractivity (Wildman–Crippen MR) is 108 cm³/mol. The minimum Gasteiger partial charge on any atom is -0.391 e. The van der Waals surface area contributed by atoms with Crippen LogP contribution >= 0.6 is 0 Å². The van der Waals surface area contributed by atoms with E-state index < -0.39 is 29.7 Å². The van der Waals surface area contributed by atoms with Gasteiger partial charge in [-0.15, -0.1) is 0 Å². The molecule has 1 aromatic carbocycles. The van der Waals surface area contributed by atoms with Crippen molar-refractivity contribution in [2.45, 2.75) is 46.8 Å². The second-order valence-corrected chi connectivity index (χ2v) is 7.24. The molecule has 2 rings (SSSR count). The van der Waals surface area contributed by atoms with Crippen LogP contribution in [0.25, 0.3) is 0 Å². The van der Waals surface area contributed by atoms with Gasteiger partial charge in [0.05, 0.1) is 23.4 Å². The van der Waals surface area contributed by atoms with E-state index in [2.05, 4.69) is 10.6 Å². The predicted octanol–water partition coefficient (Wildman–Crippen LogP) is 2.41. The number of aromatic nitrogens is 1. The van der Waals surface area contributed by atoms with Crippen LogP contribution in [0.3, 0.4) is 0 Å². The van der Waals surface area contributed by atoms with Crippen LogP contribution in [0.4, 0.5) is 10.1 Å². The van der Waals surface area contributed by atoms with Gasteiger partial charge in [-0.25, -0.2) is 4.39 Å². The van der Waals surface area contributed by atoms with E-state index in [1.165, 1.54) is 29.7 Å². The van der Waals surface area contributed by atoms with Crippen LogP contribution < -0.4 is 10.6 Å². The Labute approximate surface area is 168 Å². The van der Waals surface area contributed by atoms with Gasteiger partial charge in [-0.3, -0.25) is 14.4 Å². The molecule has 2 amide bonds. The van der Waals surface area contributed by atoms with Crippen LogP contribution in [0.15, 0.2) is 18.2 Å². The Morgan fingerprint density at radius 1 is 1.14 bits per heavy atom. The molecule has 0 spiro atoms. The zero-order valence-corrected chi connectivity index (χ0v) is 17.4. The molecule has 0 bridgehead atoms. The van der Waals surface area contributed by atoms with Crippen LogP contribution in [0.2, 0.25) is 0 Å². The second-order valence-electron chi connectivity index (χ2n) is 7.24. The van der Waals surface area contributed by atoms with Gasteiger partial charge in [-0.05, 0) is 63.9 Å². The first kappa shape index (κ1) is 22.3. The number of anilines is 1. The summed E-state index contributed by atoms with van der Waals surface area (Å²) in [7, 11) is 1.60. The maximum absolute atomic E-state index is 13.4. The van der Waals surface area contributed by atoms with E-state index >= 15 is 0 Å². The number of nitrogens with one attached hydrogen (secondary N) is 2. The zero-order valence-electron chi connectivity index (χ0n) is 17.4. The smallest absolute Gasteiger partial charge is 0.294 e. The van der Waals surface area contributed by atoms with E-state index in [-0.39, 0.29) is 17.1 Å². The molecule has 2 unspecified atom stereocenters. The number of halogens is 1. The molecule has 0 aliphatic rings. The van der Waals surface area contributed by atoms with Crippen molar-refractivity contribution >= 4 is 23.3 Å². The van der Waals surface area contributed by atoms with Crippen molar-refractivity contribution in [3.8, 4) is 0 Å². The fourth-order valence-corrected chi connectivity index (χ4v) is 3.05. The van der Waals surface area contributed by atoms with Crippen molar-refractivity contribution in [3.63, 3.8) is 0 Å². The Kier molecular flexibility index (Phi) is 6.58. The van der Waals surface area contributed by atoms with E-state index in [9.17, 15) is 23.9 Å². The molecular weight excluding hydrogens is 377 g/mol. The SMILES string of the molecule is Cc1cc(NC(=O)c2c(C)c(C(=O)C(=O)NC(C)C(C)O)n(C)c2C)ccc1F. The summed E-state index contributed by atoms with van der Waals surface area (Å²) < 4.78 is 14.9. The molecule has 1 heterocycles. The highest BCUT2D eigenvalue weighted by molar-refractivity contribution is 6.43. The molecular formula is C21H26FN3O4. The van der Waals surface area contributed by atoms with Crippen LogP contribution in [-0.4, -0.2) is 39.4 Å². The monoisotopic (exact) mass is 403 g/mol. The summed E-state index contributed by atoms with van der Waals surface area (Å²) in [4.78, 5) is 37.8. The summed E-state index contributed by atoms with van der Waals surface area (Å²) in [6.07, 6.45) is -0.816. The Morgan fingerprint density at radius 3 is 2.31 bits per heavy atom. The van der Waals surface area contributed by atoms with Gasteiger partial charge in [0.15, 0.2) is 0 Å². The third-order valence-corrected chi connectivity index (χ3v) is 5.08. The lowest BCUT2D eigenvalue weighted by atomic mass is 10.1. The summed E-state index contributed by atoms with van der Waals surface area (Å²) in [6.45, 7) is 7.95. The highest BCUT2D eigenvalue weighted by Crippen LogP contribution is 2.24. The molecule has 0 saturated heterocycles. The number of aliphatic hydroxyl groups excluding tert-OH is 1. The summed E-state index contributed by atoms with van der Waals surface area (Å²) >= 11 is 0. The quantitative estimate of drug-likeness (QED) is 0.509. The summed E-state index contributed by atoms with van der Waals surface area (Å²) in [5.74, 6) is -2.49. The van der Waals surface area contributed by atoms with E-state index in [4.69, 9.17) is 0 Å². The number of Topliss-reactive ketones (excluding diaryl/α,β-unsaturated/α-hetero) is 1. The number of ketones is 1. The molecule has 1 aromatic heterocycles. The van der Waals surface area contributed by atoms with E-state index in [1.807, 2.05) is 0 Å². The molecule has 0 fully saturated rings. The molecule has 156 valence electrons. The topological polar surface area (TPSA) is 100 Å². The van der Waals surface area contributed by atoms with Gasteiger partial charge in [0, 0.05) is 18.4 Å². The molecule has 3 N–H and O–H groups in total. The number of rotatable bonds is 6. The molecule has 0 aliphatic carbocycles. The average Bonchev–Trinajstić information content (AvgIpc) is 2.86. The van der Waals surface area contributed by atoms with Gasteiger partial charge < -0.3 is 20.3 Å². The third kappa shape index (κ3) is 4.54.